The molecule has 0 fully saturated rings. The smallest absolute Gasteiger partial charge is 0.309 e. The number of methoxy groups -OCH3 is 1. The Labute approximate surface area is 100 Å². The van der Waals surface area contributed by atoms with Crippen molar-refractivity contribution >= 4 is 14.0 Å². The van der Waals surface area contributed by atoms with Crippen molar-refractivity contribution in [1.29, 1.82) is 0 Å². The highest BCUT2D eigenvalue weighted by Gasteiger charge is 2.07. The van der Waals surface area contributed by atoms with Crippen molar-refractivity contribution in [3.05, 3.63) is 12.2 Å². The van der Waals surface area contributed by atoms with Crippen molar-refractivity contribution in [2.24, 2.45) is 5.92 Å². The van der Waals surface area contributed by atoms with Crippen LogP contribution in [0, 0.1) is 17.4 Å². The van der Waals surface area contributed by atoms with Crippen LogP contribution in [0.25, 0.3) is 0 Å². The van der Waals surface area contributed by atoms with Crippen LogP contribution in [0.15, 0.2) is 12.2 Å². The van der Waals surface area contributed by atoms with Crippen molar-refractivity contribution in [3.8, 4) is 11.5 Å². The van der Waals surface area contributed by atoms with Gasteiger partial charge in [0.15, 0.2) is 0 Å². The third kappa shape index (κ3) is 9.54. The number of esters is 1. The van der Waals surface area contributed by atoms with Crippen molar-refractivity contribution in [2.75, 3.05) is 7.11 Å². The molecule has 2 nitrogen and oxygen atoms in total. The summed E-state index contributed by atoms with van der Waals surface area (Å²) in [5.41, 5.74) is 3.33. The van der Waals surface area contributed by atoms with E-state index in [-0.39, 0.29) is 5.97 Å². The monoisotopic (exact) mass is 238 g/mol. The van der Waals surface area contributed by atoms with E-state index in [1.165, 1.54) is 7.11 Å². The SMILES string of the molecule is COC(=O)C/C=C/C(C)CC#C[Si](C)(C)C. The zero-order valence-corrected chi connectivity index (χ0v) is 12.0. The Morgan fingerprint density at radius 1 is 1.44 bits per heavy atom. The summed E-state index contributed by atoms with van der Waals surface area (Å²) in [7, 11) is 0.164. The topological polar surface area (TPSA) is 26.3 Å². The van der Waals surface area contributed by atoms with E-state index < -0.39 is 8.07 Å². The molecule has 0 aromatic carbocycles. The van der Waals surface area contributed by atoms with Gasteiger partial charge in [-0.05, 0) is 5.92 Å². The highest BCUT2D eigenvalue weighted by atomic mass is 28.3. The van der Waals surface area contributed by atoms with Crippen molar-refractivity contribution in [1.82, 2.24) is 0 Å². The molecule has 0 aromatic heterocycles. The average molecular weight is 238 g/mol. The lowest BCUT2D eigenvalue weighted by Crippen LogP contribution is -2.16. The summed E-state index contributed by atoms with van der Waals surface area (Å²) in [5, 5.41) is 0. The second-order valence-corrected chi connectivity index (χ2v) is 9.69. The molecule has 1 atom stereocenters. The maximum Gasteiger partial charge on any atom is 0.309 e. The fourth-order valence-electron chi connectivity index (χ4n) is 1.03. The van der Waals surface area contributed by atoms with E-state index in [1.54, 1.807) is 0 Å². The van der Waals surface area contributed by atoms with Gasteiger partial charge in [0.05, 0.1) is 13.5 Å². The predicted octanol–water partition coefficient (Wildman–Crippen LogP) is 3.01. The van der Waals surface area contributed by atoms with Crippen molar-refractivity contribution in [3.63, 3.8) is 0 Å². The van der Waals surface area contributed by atoms with E-state index in [0.29, 0.717) is 12.3 Å². The number of ether oxygens (including phenoxy) is 1. The molecule has 0 heterocycles. The van der Waals surface area contributed by atoms with Gasteiger partial charge in [-0.3, -0.25) is 4.79 Å². The molecule has 0 amide bonds. The molecule has 90 valence electrons. The lowest BCUT2D eigenvalue weighted by atomic mass is 10.1. The second-order valence-electron chi connectivity index (χ2n) is 4.94. The zero-order valence-electron chi connectivity index (χ0n) is 11.0. The molecule has 0 rings (SSSR count). The summed E-state index contributed by atoms with van der Waals surface area (Å²) >= 11 is 0. The van der Waals surface area contributed by atoms with Gasteiger partial charge in [-0.25, -0.2) is 0 Å². The summed E-state index contributed by atoms with van der Waals surface area (Å²) in [5.74, 6) is 3.42. The van der Waals surface area contributed by atoms with Crippen LogP contribution in [0.3, 0.4) is 0 Å². The first-order chi connectivity index (χ1) is 7.35. The first-order valence-electron chi connectivity index (χ1n) is 5.58. The second kappa shape index (κ2) is 7.29. The molecule has 3 heteroatoms. The fourth-order valence-corrected chi connectivity index (χ4v) is 1.66. The van der Waals surface area contributed by atoms with Gasteiger partial charge >= 0.3 is 5.97 Å². The molecule has 0 bridgehead atoms. The molecule has 0 aromatic rings. The Balaban J connectivity index is 3.94. The Morgan fingerprint density at radius 2 is 2.06 bits per heavy atom. The van der Waals surface area contributed by atoms with Crippen molar-refractivity contribution in [2.45, 2.75) is 39.4 Å². The fraction of sp³-hybridized carbons (Fsp3) is 0.615. The number of allylic oxidation sites excluding steroid dienone is 1. The minimum absolute atomic E-state index is 0.198. The van der Waals surface area contributed by atoms with E-state index in [0.717, 1.165) is 6.42 Å². The first-order valence-corrected chi connectivity index (χ1v) is 9.08. The normalized spacial score (nSPS) is 13.1. The number of carbonyl (C=O) groups excluding carboxylic acids is 1. The molecular weight excluding hydrogens is 216 g/mol. The Kier molecular flexibility index (Phi) is 6.83. The van der Waals surface area contributed by atoms with Gasteiger partial charge in [0.2, 0.25) is 0 Å². The Morgan fingerprint density at radius 3 is 2.56 bits per heavy atom. The maximum atomic E-state index is 10.8. The van der Waals surface area contributed by atoms with Crippen LogP contribution < -0.4 is 0 Å². The van der Waals surface area contributed by atoms with Gasteiger partial charge in [-0.15, -0.1) is 11.5 Å². The van der Waals surface area contributed by atoms with E-state index >= 15 is 0 Å². The summed E-state index contributed by atoms with van der Waals surface area (Å²) < 4.78 is 4.55. The minimum atomic E-state index is -1.24. The lowest BCUT2D eigenvalue weighted by molar-refractivity contribution is -0.139. The number of carbonyl (C=O) groups is 1. The quantitative estimate of drug-likeness (QED) is 0.326. The van der Waals surface area contributed by atoms with E-state index in [4.69, 9.17) is 0 Å². The minimum Gasteiger partial charge on any atom is -0.469 e. The van der Waals surface area contributed by atoms with Gasteiger partial charge in [-0.2, -0.15) is 0 Å². The summed E-state index contributed by atoms with van der Waals surface area (Å²) in [6.07, 6.45) is 5.09. The molecule has 0 N–H and O–H groups in total. The molecule has 0 aliphatic rings. The molecule has 0 spiro atoms. The molecule has 0 radical (unpaired) electrons. The molecule has 0 aliphatic carbocycles. The predicted molar refractivity (Wildman–Crippen MR) is 70.7 cm³/mol. The Bertz CT molecular complexity index is 302. The van der Waals surface area contributed by atoms with Crippen LogP contribution in [0.2, 0.25) is 19.6 Å². The molecular formula is C13H22O2Si. The van der Waals surface area contributed by atoms with Crippen molar-refractivity contribution < 1.29 is 9.53 Å². The maximum absolute atomic E-state index is 10.8. The van der Waals surface area contributed by atoms with Crippen LogP contribution >= 0.6 is 0 Å². The standard InChI is InChI=1S/C13H22O2Si/c1-12(8-6-10-13(14)15-2)9-7-11-16(3,4)5/h6,8,12H,9-10H2,1-5H3/b8-6+. The zero-order chi connectivity index (χ0) is 12.6. The third-order valence-electron chi connectivity index (χ3n) is 1.86. The molecule has 16 heavy (non-hydrogen) atoms. The van der Waals surface area contributed by atoms with Crippen LogP contribution in [0.5, 0.6) is 0 Å². The summed E-state index contributed by atoms with van der Waals surface area (Å²) in [4.78, 5) is 10.8. The highest BCUT2D eigenvalue weighted by molar-refractivity contribution is 6.83. The largest absolute Gasteiger partial charge is 0.469 e. The van der Waals surface area contributed by atoms with Gasteiger partial charge in [0, 0.05) is 6.42 Å². The number of hydrogen-bond acceptors (Lipinski definition) is 2. The number of hydrogen-bond donors (Lipinski definition) is 0. The van der Waals surface area contributed by atoms with E-state index in [9.17, 15) is 4.79 Å². The van der Waals surface area contributed by atoms with Crippen LogP contribution in [-0.4, -0.2) is 21.2 Å². The van der Waals surface area contributed by atoms with Gasteiger partial charge < -0.3 is 4.74 Å². The first kappa shape index (κ1) is 15.0. The number of rotatable bonds is 4. The molecule has 0 saturated carbocycles. The van der Waals surface area contributed by atoms with Gasteiger partial charge in [0.25, 0.3) is 0 Å². The Hall–Kier alpha value is -1.01. The van der Waals surface area contributed by atoms with E-state index in [1.807, 2.05) is 12.2 Å². The summed E-state index contributed by atoms with van der Waals surface area (Å²) in [6.45, 7) is 8.81. The molecule has 1 unspecified atom stereocenters. The van der Waals surface area contributed by atoms with Gasteiger partial charge in [0.1, 0.15) is 8.07 Å². The summed E-state index contributed by atoms with van der Waals surface area (Å²) in [6, 6.07) is 0. The van der Waals surface area contributed by atoms with Crippen LogP contribution in [-0.2, 0) is 9.53 Å². The van der Waals surface area contributed by atoms with E-state index in [2.05, 4.69) is 42.8 Å². The highest BCUT2D eigenvalue weighted by Crippen LogP contribution is 2.04. The lowest BCUT2D eigenvalue weighted by Gasteiger charge is -2.04. The van der Waals surface area contributed by atoms with Crippen LogP contribution in [0.1, 0.15) is 19.8 Å². The van der Waals surface area contributed by atoms with Gasteiger partial charge in [-0.1, -0.05) is 38.7 Å². The average Bonchev–Trinajstić information content (AvgIpc) is 2.15. The molecule has 0 aliphatic heterocycles. The molecule has 0 saturated heterocycles. The third-order valence-corrected chi connectivity index (χ3v) is 2.79. The van der Waals surface area contributed by atoms with Crippen LogP contribution in [0.4, 0.5) is 0 Å².